The number of pyridine rings is 1. The molecule has 0 saturated heterocycles. The van der Waals surface area contributed by atoms with E-state index in [1.54, 1.807) is 0 Å². The van der Waals surface area contributed by atoms with Crippen LogP contribution in [-0.4, -0.2) is 27.9 Å². The van der Waals surface area contributed by atoms with Crippen LogP contribution >= 0.6 is 0 Å². The maximum atomic E-state index is 11.6. The van der Waals surface area contributed by atoms with E-state index >= 15 is 0 Å². The second-order valence-electron chi connectivity index (χ2n) is 5.34. The molecule has 1 heterocycles. The van der Waals surface area contributed by atoms with Crippen LogP contribution in [0.25, 0.3) is 0 Å². The Bertz CT molecular complexity index is 510. The van der Waals surface area contributed by atoms with E-state index in [-0.39, 0.29) is 41.7 Å². The van der Waals surface area contributed by atoms with Crippen molar-refractivity contribution in [3.8, 4) is 0 Å². The lowest BCUT2D eigenvalue weighted by molar-refractivity contribution is -0.384. The maximum Gasteiger partial charge on any atom is 0.311 e. The number of carbonyl (C=O) groups excluding carboxylic acids is 1. The highest BCUT2D eigenvalue weighted by molar-refractivity contribution is 5.77. The molecule has 0 spiro atoms. The predicted octanol–water partition coefficient (Wildman–Crippen LogP) is 1.29. The van der Waals surface area contributed by atoms with Crippen LogP contribution in [0.15, 0.2) is 12.1 Å². The quantitative estimate of drug-likeness (QED) is 0.552. The second-order valence-corrected chi connectivity index (χ2v) is 5.34. The third-order valence-corrected chi connectivity index (χ3v) is 2.25. The van der Waals surface area contributed by atoms with Crippen molar-refractivity contribution in [1.29, 1.82) is 0 Å². The van der Waals surface area contributed by atoms with Crippen molar-refractivity contribution >= 4 is 23.2 Å². The Morgan fingerprint density at radius 2 is 2.10 bits per heavy atom. The number of nitrogens with one attached hydrogen (secondary N) is 2. The molecule has 0 aliphatic heterocycles. The minimum absolute atomic E-state index is 0.0681. The van der Waals surface area contributed by atoms with E-state index in [2.05, 4.69) is 15.6 Å². The molecule has 0 fully saturated rings. The summed E-state index contributed by atoms with van der Waals surface area (Å²) in [5.74, 6) is 0.104. The van der Waals surface area contributed by atoms with Gasteiger partial charge in [-0.2, -0.15) is 0 Å². The molecule has 0 aromatic carbocycles. The van der Waals surface area contributed by atoms with Gasteiger partial charge in [-0.1, -0.05) is 0 Å². The van der Waals surface area contributed by atoms with Crippen molar-refractivity contribution in [2.24, 2.45) is 0 Å². The molecule has 4 N–H and O–H groups in total. The molecule has 1 rings (SSSR count). The van der Waals surface area contributed by atoms with Gasteiger partial charge in [0.05, 0.1) is 4.92 Å². The molecule has 1 aromatic rings. The van der Waals surface area contributed by atoms with Crippen LogP contribution in [0, 0.1) is 10.1 Å². The number of aromatic nitrogens is 1. The van der Waals surface area contributed by atoms with Crippen molar-refractivity contribution in [2.45, 2.75) is 32.7 Å². The molecule has 0 unspecified atom stereocenters. The first-order chi connectivity index (χ1) is 9.19. The molecule has 0 radical (unpaired) electrons. The van der Waals surface area contributed by atoms with Gasteiger partial charge in [-0.05, 0) is 26.8 Å². The second kappa shape index (κ2) is 6.18. The van der Waals surface area contributed by atoms with Crippen molar-refractivity contribution in [3.05, 3.63) is 22.2 Å². The SMILES string of the molecule is CC(C)(C)NC(=O)CCNc1nc(N)ccc1[N+](=O)[O-]. The zero-order valence-electron chi connectivity index (χ0n) is 11.8. The highest BCUT2D eigenvalue weighted by Gasteiger charge is 2.16. The van der Waals surface area contributed by atoms with Crippen LogP contribution in [0.1, 0.15) is 27.2 Å². The lowest BCUT2D eigenvalue weighted by Gasteiger charge is -2.20. The van der Waals surface area contributed by atoms with Gasteiger partial charge in [-0.15, -0.1) is 0 Å². The number of nitrogen functional groups attached to an aromatic ring is 1. The van der Waals surface area contributed by atoms with Crippen LogP contribution in [0.5, 0.6) is 0 Å². The van der Waals surface area contributed by atoms with E-state index in [0.717, 1.165) is 0 Å². The van der Waals surface area contributed by atoms with Gasteiger partial charge in [0.2, 0.25) is 11.7 Å². The summed E-state index contributed by atoms with van der Waals surface area (Å²) in [5.41, 5.74) is 5.01. The van der Waals surface area contributed by atoms with E-state index in [1.165, 1.54) is 12.1 Å². The molecular formula is C12H19N5O3. The summed E-state index contributed by atoms with van der Waals surface area (Å²) in [7, 11) is 0. The number of hydrogen-bond donors (Lipinski definition) is 3. The van der Waals surface area contributed by atoms with E-state index in [0.29, 0.717) is 0 Å². The van der Waals surface area contributed by atoms with Crippen LogP contribution in [0.4, 0.5) is 17.3 Å². The number of anilines is 2. The van der Waals surface area contributed by atoms with E-state index < -0.39 is 4.92 Å². The summed E-state index contributed by atoms with van der Waals surface area (Å²) < 4.78 is 0. The van der Waals surface area contributed by atoms with Gasteiger partial charge in [0.15, 0.2) is 0 Å². The van der Waals surface area contributed by atoms with Crippen LogP contribution in [0.2, 0.25) is 0 Å². The van der Waals surface area contributed by atoms with Crippen molar-refractivity contribution < 1.29 is 9.72 Å². The first kappa shape index (κ1) is 15.7. The summed E-state index contributed by atoms with van der Waals surface area (Å²) >= 11 is 0. The van der Waals surface area contributed by atoms with Crippen LogP contribution in [0.3, 0.4) is 0 Å². The Labute approximate surface area is 116 Å². The molecular weight excluding hydrogens is 262 g/mol. The number of nitro groups is 1. The average Bonchev–Trinajstić information content (AvgIpc) is 2.26. The minimum Gasteiger partial charge on any atom is -0.384 e. The molecule has 8 heteroatoms. The fourth-order valence-electron chi connectivity index (χ4n) is 1.52. The van der Waals surface area contributed by atoms with E-state index in [4.69, 9.17) is 5.73 Å². The standard InChI is InChI=1S/C12H19N5O3/c1-12(2,3)16-10(18)6-7-14-11-8(17(19)20)4-5-9(13)15-11/h4-5H,6-7H2,1-3H3,(H,16,18)(H3,13,14,15). The molecule has 0 bridgehead atoms. The van der Waals surface area contributed by atoms with Crippen LogP contribution < -0.4 is 16.4 Å². The highest BCUT2D eigenvalue weighted by Crippen LogP contribution is 2.22. The third kappa shape index (κ3) is 5.09. The van der Waals surface area contributed by atoms with Gasteiger partial charge in [-0.25, -0.2) is 4.98 Å². The molecule has 0 atom stereocenters. The van der Waals surface area contributed by atoms with Crippen LogP contribution in [-0.2, 0) is 4.79 Å². The number of carbonyl (C=O) groups is 1. The van der Waals surface area contributed by atoms with E-state index in [9.17, 15) is 14.9 Å². The van der Waals surface area contributed by atoms with Gasteiger partial charge < -0.3 is 16.4 Å². The van der Waals surface area contributed by atoms with Gasteiger partial charge in [-0.3, -0.25) is 14.9 Å². The highest BCUT2D eigenvalue weighted by atomic mass is 16.6. The summed E-state index contributed by atoms with van der Waals surface area (Å²) in [6.07, 6.45) is 0.185. The molecule has 110 valence electrons. The molecule has 0 saturated carbocycles. The summed E-state index contributed by atoms with van der Waals surface area (Å²) in [6.45, 7) is 5.87. The normalized spacial score (nSPS) is 10.9. The number of hydrogen-bond acceptors (Lipinski definition) is 6. The minimum atomic E-state index is -0.552. The molecule has 0 aliphatic rings. The molecule has 1 aromatic heterocycles. The number of nitrogens with zero attached hydrogens (tertiary/aromatic N) is 2. The smallest absolute Gasteiger partial charge is 0.311 e. The largest absolute Gasteiger partial charge is 0.384 e. The predicted molar refractivity (Wildman–Crippen MR) is 76.3 cm³/mol. The topological polar surface area (TPSA) is 123 Å². The zero-order valence-corrected chi connectivity index (χ0v) is 11.8. The number of amides is 1. The summed E-state index contributed by atoms with van der Waals surface area (Å²) in [4.78, 5) is 25.7. The summed E-state index contributed by atoms with van der Waals surface area (Å²) in [6, 6.07) is 2.63. The van der Waals surface area contributed by atoms with Gasteiger partial charge >= 0.3 is 5.69 Å². The number of nitrogens with two attached hydrogens (primary N) is 1. The lowest BCUT2D eigenvalue weighted by atomic mass is 10.1. The van der Waals surface area contributed by atoms with Gasteiger partial charge in [0.1, 0.15) is 5.82 Å². The fourth-order valence-corrected chi connectivity index (χ4v) is 1.52. The van der Waals surface area contributed by atoms with Crippen molar-refractivity contribution in [2.75, 3.05) is 17.6 Å². The Morgan fingerprint density at radius 1 is 1.45 bits per heavy atom. The van der Waals surface area contributed by atoms with Crippen molar-refractivity contribution in [1.82, 2.24) is 10.3 Å². The fraction of sp³-hybridized carbons (Fsp3) is 0.500. The third-order valence-electron chi connectivity index (χ3n) is 2.25. The lowest BCUT2D eigenvalue weighted by Crippen LogP contribution is -2.41. The molecule has 1 amide bonds. The maximum absolute atomic E-state index is 11.6. The Balaban J connectivity index is 2.60. The molecule has 20 heavy (non-hydrogen) atoms. The van der Waals surface area contributed by atoms with Gasteiger partial charge in [0.25, 0.3) is 0 Å². The Hall–Kier alpha value is -2.38. The summed E-state index contributed by atoms with van der Waals surface area (Å²) in [5, 5.41) is 16.4. The molecule has 0 aliphatic carbocycles. The Morgan fingerprint density at radius 3 is 2.65 bits per heavy atom. The van der Waals surface area contributed by atoms with E-state index in [1.807, 2.05) is 20.8 Å². The molecule has 8 nitrogen and oxygen atoms in total. The first-order valence-electron chi connectivity index (χ1n) is 6.15. The Kier molecular flexibility index (Phi) is 4.84. The van der Waals surface area contributed by atoms with Gasteiger partial charge in [0, 0.05) is 24.6 Å². The number of rotatable bonds is 5. The average molecular weight is 281 g/mol. The monoisotopic (exact) mass is 281 g/mol. The first-order valence-corrected chi connectivity index (χ1v) is 6.15. The zero-order chi connectivity index (χ0) is 15.3. The van der Waals surface area contributed by atoms with Crippen molar-refractivity contribution in [3.63, 3.8) is 0 Å².